The molecule has 2 fully saturated rings. The Hall–Kier alpha value is -2.21. The molecule has 7 N–H and O–H groups in total. The van der Waals surface area contributed by atoms with Crippen molar-refractivity contribution in [1.82, 2.24) is 0 Å². The first-order valence-electron chi connectivity index (χ1n) is 12.9. The van der Waals surface area contributed by atoms with Crippen LogP contribution in [0.4, 0.5) is 0 Å². The van der Waals surface area contributed by atoms with Gasteiger partial charge in [0.2, 0.25) is 0 Å². The predicted octanol–water partition coefficient (Wildman–Crippen LogP) is -2.48. The average Bonchev–Trinajstić information content (AvgIpc) is 3.35. The molecule has 0 saturated carbocycles. The zero-order valence-corrected chi connectivity index (χ0v) is 21.8. The molecule has 0 bridgehead atoms. The van der Waals surface area contributed by atoms with Crippen molar-refractivity contribution in [2.45, 2.75) is 93.4 Å². The Kier molecular flexibility index (Phi) is 8.22. The van der Waals surface area contributed by atoms with E-state index in [0.29, 0.717) is 17.8 Å². The molecule has 1 aromatic carbocycles. The Bertz CT molecular complexity index is 1240. The molecular formula is C26H34O14. The molecule has 14 nitrogen and oxygen atoms in total. The monoisotopic (exact) mass is 570 g/mol. The molecule has 4 heterocycles. The van der Waals surface area contributed by atoms with Crippen LogP contribution in [-0.4, -0.2) is 122 Å². The number of ether oxygens (including phenoxy) is 5. The molecule has 2 saturated heterocycles. The maximum Gasteiger partial charge on any atom is 0.336 e. The van der Waals surface area contributed by atoms with Crippen molar-refractivity contribution in [2.75, 3.05) is 13.2 Å². The van der Waals surface area contributed by atoms with Gasteiger partial charge < -0.3 is 63.8 Å². The molecule has 0 radical (unpaired) electrons. The third kappa shape index (κ3) is 5.37. The third-order valence-electron chi connectivity index (χ3n) is 7.63. The van der Waals surface area contributed by atoms with E-state index in [1.807, 2.05) is 6.07 Å². The summed E-state index contributed by atoms with van der Waals surface area (Å²) in [5.41, 5.74) is -0.354. The Morgan fingerprint density at radius 2 is 1.55 bits per heavy atom. The van der Waals surface area contributed by atoms with Gasteiger partial charge in [0.1, 0.15) is 71.9 Å². The SMILES string of the molecule is CC(C)(OC1OC(CO)C(OC2OC(CO)C(O)C(O)C2O)C(O)C1O)C1Cc2cc3ccc(=O)oc3cc2O1. The Labute approximate surface area is 227 Å². The van der Waals surface area contributed by atoms with E-state index in [1.165, 1.54) is 6.07 Å². The molecular weight excluding hydrogens is 536 g/mol. The van der Waals surface area contributed by atoms with Gasteiger partial charge in [-0.15, -0.1) is 0 Å². The zero-order valence-electron chi connectivity index (χ0n) is 21.8. The summed E-state index contributed by atoms with van der Waals surface area (Å²) < 4.78 is 34.0. The van der Waals surface area contributed by atoms with Crippen LogP contribution in [-0.2, 0) is 25.4 Å². The van der Waals surface area contributed by atoms with Gasteiger partial charge >= 0.3 is 5.63 Å². The van der Waals surface area contributed by atoms with E-state index in [0.717, 1.165) is 10.9 Å². The number of aliphatic hydroxyl groups is 7. The smallest absolute Gasteiger partial charge is 0.336 e. The molecule has 5 rings (SSSR count). The summed E-state index contributed by atoms with van der Waals surface area (Å²) in [4.78, 5) is 11.6. The highest BCUT2D eigenvalue weighted by atomic mass is 16.7. The van der Waals surface area contributed by atoms with Crippen molar-refractivity contribution in [2.24, 2.45) is 0 Å². The fraction of sp³-hybridized carbons (Fsp3) is 0.654. The van der Waals surface area contributed by atoms with Crippen molar-refractivity contribution in [1.29, 1.82) is 0 Å². The van der Waals surface area contributed by atoms with Gasteiger partial charge in [0.15, 0.2) is 12.6 Å². The van der Waals surface area contributed by atoms with Crippen LogP contribution >= 0.6 is 0 Å². The van der Waals surface area contributed by atoms with Crippen LogP contribution in [0.2, 0.25) is 0 Å². The van der Waals surface area contributed by atoms with Crippen LogP contribution in [0.15, 0.2) is 33.5 Å². The molecule has 0 amide bonds. The fourth-order valence-corrected chi connectivity index (χ4v) is 5.22. The summed E-state index contributed by atoms with van der Waals surface area (Å²) >= 11 is 0. The van der Waals surface area contributed by atoms with Crippen LogP contribution in [0.25, 0.3) is 11.0 Å². The molecule has 40 heavy (non-hydrogen) atoms. The van der Waals surface area contributed by atoms with Crippen molar-refractivity contribution < 1.29 is 63.8 Å². The minimum atomic E-state index is -1.76. The van der Waals surface area contributed by atoms with Crippen LogP contribution in [0.1, 0.15) is 19.4 Å². The van der Waals surface area contributed by atoms with Crippen LogP contribution in [0.3, 0.4) is 0 Å². The highest BCUT2D eigenvalue weighted by Crippen LogP contribution is 2.39. The highest BCUT2D eigenvalue weighted by Gasteiger charge is 2.52. The third-order valence-corrected chi connectivity index (χ3v) is 7.63. The maximum atomic E-state index is 11.6. The number of hydrogen-bond acceptors (Lipinski definition) is 14. The molecule has 1 aromatic heterocycles. The Morgan fingerprint density at radius 3 is 2.25 bits per heavy atom. The number of fused-ring (bicyclic) bond motifs is 2. The van der Waals surface area contributed by atoms with E-state index < -0.39 is 92.0 Å². The van der Waals surface area contributed by atoms with Gasteiger partial charge in [-0.1, -0.05) is 0 Å². The molecule has 222 valence electrons. The van der Waals surface area contributed by atoms with Crippen molar-refractivity contribution >= 4 is 11.0 Å². The summed E-state index contributed by atoms with van der Waals surface area (Å²) in [6, 6.07) is 6.46. The molecule has 3 aliphatic heterocycles. The number of rotatable bonds is 7. The van der Waals surface area contributed by atoms with Gasteiger partial charge in [-0.25, -0.2) is 4.79 Å². The summed E-state index contributed by atoms with van der Waals surface area (Å²) in [5.74, 6) is 0.509. The first kappa shape index (κ1) is 29.3. The lowest BCUT2D eigenvalue weighted by Gasteiger charge is -2.47. The quantitative estimate of drug-likeness (QED) is 0.172. The van der Waals surface area contributed by atoms with Gasteiger partial charge in [-0.05, 0) is 31.5 Å². The first-order chi connectivity index (χ1) is 18.9. The van der Waals surface area contributed by atoms with Crippen LogP contribution < -0.4 is 10.4 Å². The lowest BCUT2D eigenvalue weighted by atomic mass is 9.94. The summed E-state index contributed by atoms with van der Waals surface area (Å²) in [6.45, 7) is 2.03. The van der Waals surface area contributed by atoms with Crippen molar-refractivity contribution in [3.8, 4) is 5.75 Å². The van der Waals surface area contributed by atoms with Crippen molar-refractivity contribution in [3.05, 3.63) is 40.2 Å². The zero-order chi connectivity index (χ0) is 28.9. The van der Waals surface area contributed by atoms with Gasteiger partial charge in [-0.2, -0.15) is 0 Å². The van der Waals surface area contributed by atoms with Crippen LogP contribution in [0.5, 0.6) is 5.75 Å². The molecule has 0 aliphatic carbocycles. The van der Waals surface area contributed by atoms with Gasteiger partial charge in [0.05, 0.1) is 13.2 Å². The van der Waals surface area contributed by atoms with E-state index in [1.54, 1.807) is 26.0 Å². The van der Waals surface area contributed by atoms with Gasteiger partial charge in [0, 0.05) is 23.9 Å². The minimum absolute atomic E-state index is 0.371. The summed E-state index contributed by atoms with van der Waals surface area (Å²) in [5, 5.41) is 72.1. The second-order valence-corrected chi connectivity index (χ2v) is 10.8. The fourth-order valence-electron chi connectivity index (χ4n) is 5.22. The Morgan fingerprint density at radius 1 is 0.875 bits per heavy atom. The number of hydrogen-bond donors (Lipinski definition) is 7. The van der Waals surface area contributed by atoms with Crippen LogP contribution in [0, 0.1) is 0 Å². The first-order valence-corrected chi connectivity index (χ1v) is 12.9. The van der Waals surface area contributed by atoms with E-state index in [4.69, 9.17) is 28.1 Å². The topological polar surface area (TPSA) is 218 Å². The minimum Gasteiger partial charge on any atom is -0.487 e. The average molecular weight is 571 g/mol. The summed E-state index contributed by atoms with van der Waals surface area (Å²) in [7, 11) is 0. The van der Waals surface area contributed by atoms with E-state index >= 15 is 0 Å². The molecule has 3 aliphatic rings. The molecule has 11 atom stereocenters. The van der Waals surface area contributed by atoms with E-state index in [9.17, 15) is 40.5 Å². The number of aliphatic hydroxyl groups excluding tert-OH is 7. The molecule has 14 heteroatoms. The maximum absolute atomic E-state index is 11.6. The predicted molar refractivity (Wildman–Crippen MR) is 132 cm³/mol. The standard InChI is InChI=1S/C26H34O14/c1-26(2,16-6-11-5-10-3-4-17(29)36-12(10)7-13(11)35-16)40-25-22(34)20(32)23(15(9-28)38-25)39-24-21(33)19(31)18(30)14(8-27)37-24/h3-5,7,14-16,18-25,27-28,30-34H,6,8-9H2,1-2H3. The second-order valence-electron chi connectivity index (χ2n) is 10.8. The molecule has 0 spiro atoms. The van der Waals surface area contributed by atoms with E-state index in [-0.39, 0.29) is 0 Å². The highest BCUT2D eigenvalue weighted by molar-refractivity contribution is 5.79. The molecule has 2 aromatic rings. The van der Waals surface area contributed by atoms with Gasteiger partial charge in [0.25, 0.3) is 0 Å². The molecule has 11 unspecified atom stereocenters. The number of benzene rings is 1. The largest absolute Gasteiger partial charge is 0.487 e. The van der Waals surface area contributed by atoms with Gasteiger partial charge in [-0.3, -0.25) is 0 Å². The van der Waals surface area contributed by atoms with E-state index in [2.05, 4.69) is 0 Å². The van der Waals surface area contributed by atoms with Crippen molar-refractivity contribution in [3.63, 3.8) is 0 Å². The Balaban J connectivity index is 1.27. The second kappa shape index (κ2) is 11.2. The normalized spacial score (nSPS) is 38.3. The summed E-state index contributed by atoms with van der Waals surface area (Å²) in [6.07, 6.45) is -15.6. The lowest BCUT2D eigenvalue weighted by molar-refractivity contribution is -0.369. The lowest BCUT2D eigenvalue weighted by Crippen LogP contribution is -2.65.